The molecule has 0 saturated carbocycles. The average molecular weight is 400 g/mol. The standard InChI is InChI=1S/C15H17ClF3N3O2.ClH/c1-22(14(24)9-4-5-20-7-9)8-13(23)21-10-2-3-12(16)11(6-10)15(17,18)19;/h2-3,6,9,20H,4-5,7-8H2,1H3,(H,21,23);1H. The highest BCUT2D eigenvalue weighted by molar-refractivity contribution is 6.31. The number of alkyl halides is 3. The lowest BCUT2D eigenvalue weighted by Gasteiger charge is -2.20. The minimum atomic E-state index is -4.61. The number of amides is 2. The molecule has 1 heterocycles. The van der Waals surface area contributed by atoms with Gasteiger partial charge >= 0.3 is 6.18 Å². The predicted molar refractivity (Wildman–Crippen MR) is 90.9 cm³/mol. The highest BCUT2D eigenvalue weighted by atomic mass is 35.5. The van der Waals surface area contributed by atoms with Gasteiger partial charge in [-0.25, -0.2) is 0 Å². The van der Waals surface area contributed by atoms with E-state index in [0.29, 0.717) is 13.0 Å². The highest BCUT2D eigenvalue weighted by Crippen LogP contribution is 2.36. The van der Waals surface area contributed by atoms with Crippen LogP contribution in [0, 0.1) is 5.92 Å². The molecule has 0 bridgehead atoms. The zero-order valence-electron chi connectivity index (χ0n) is 13.3. The summed E-state index contributed by atoms with van der Waals surface area (Å²) in [6.45, 7) is 1.08. The van der Waals surface area contributed by atoms with Crippen LogP contribution >= 0.6 is 24.0 Å². The Labute approximate surface area is 154 Å². The molecule has 0 aromatic heterocycles. The second-order valence-corrected chi connectivity index (χ2v) is 6.03. The number of carbonyl (C=O) groups is 2. The van der Waals surface area contributed by atoms with E-state index in [1.807, 2.05) is 0 Å². The Morgan fingerprint density at radius 3 is 2.64 bits per heavy atom. The summed E-state index contributed by atoms with van der Waals surface area (Å²) in [4.78, 5) is 25.3. The second-order valence-electron chi connectivity index (χ2n) is 5.62. The van der Waals surface area contributed by atoms with Crippen molar-refractivity contribution in [2.75, 3.05) is 32.0 Å². The fraction of sp³-hybridized carbons (Fsp3) is 0.467. The van der Waals surface area contributed by atoms with Crippen LogP contribution in [0.2, 0.25) is 5.02 Å². The molecule has 0 spiro atoms. The first-order chi connectivity index (χ1) is 11.2. The van der Waals surface area contributed by atoms with Gasteiger partial charge in [0.1, 0.15) is 0 Å². The van der Waals surface area contributed by atoms with Crippen LogP contribution in [0.5, 0.6) is 0 Å². The van der Waals surface area contributed by atoms with E-state index < -0.39 is 22.7 Å². The lowest BCUT2D eigenvalue weighted by Crippen LogP contribution is -2.39. The summed E-state index contributed by atoms with van der Waals surface area (Å²) in [6, 6.07) is 3.11. The number of halogens is 5. The molecule has 2 amide bonds. The summed E-state index contributed by atoms with van der Waals surface area (Å²) in [5.41, 5.74) is -1.05. The van der Waals surface area contributed by atoms with E-state index >= 15 is 0 Å². The number of hydrogen-bond acceptors (Lipinski definition) is 3. The van der Waals surface area contributed by atoms with Crippen molar-refractivity contribution >= 4 is 41.5 Å². The second kappa shape index (κ2) is 8.73. The van der Waals surface area contributed by atoms with Crippen molar-refractivity contribution in [3.05, 3.63) is 28.8 Å². The highest BCUT2D eigenvalue weighted by Gasteiger charge is 2.33. The van der Waals surface area contributed by atoms with Crippen LogP contribution in [-0.4, -0.2) is 43.4 Å². The van der Waals surface area contributed by atoms with Crippen molar-refractivity contribution < 1.29 is 22.8 Å². The van der Waals surface area contributed by atoms with Gasteiger partial charge in [0.25, 0.3) is 0 Å². The number of nitrogens with one attached hydrogen (secondary N) is 2. The van der Waals surface area contributed by atoms with E-state index in [0.717, 1.165) is 18.7 Å². The fourth-order valence-corrected chi connectivity index (χ4v) is 2.72. The van der Waals surface area contributed by atoms with Crippen LogP contribution < -0.4 is 10.6 Å². The van der Waals surface area contributed by atoms with Gasteiger partial charge in [-0.15, -0.1) is 12.4 Å². The third-order valence-corrected chi connectivity index (χ3v) is 4.05. The first kappa shape index (κ1) is 21.5. The molecule has 1 unspecified atom stereocenters. The minimum Gasteiger partial charge on any atom is -0.336 e. The molecule has 0 aliphatic carbocycles. The maximum atomic E-state index is 12.8. The molecule has 1 atom stereocenters. The summed E-state index contributed by atoms with van der Waals surface area (Å²) in [5.74, 6) is -0.912. The summed E-state index contributed by atoms with van der Waals surface area (Å²) < 4.78 is 38.4. The Bertz CT molecular complexity index is 635. The number of benzene rings is 1. The van der Waals surface area contributed by atoms with E-state index in [1.54, 1.807) is 0 Å². The van der Waals surface area contributed by atoms with Crippen molar-refractivity contribution in [2.24, 2.45) is 5.92 Å². The molecule has 1 aromatic rings. The Morgan fingerprint density at radius 1 is 1.40 bits per heavy atom. The molecule has 1 aliphatic rings. The van der Waals surface area contributed by atoms with E-state index in [4.69, 9.17) is 11.6 Å². The van der Waals surface area contributed by atoms with Crippen LogP contribution in [0.3, 0.4) is 0 Å². The smallest absolute Gasteiger partial charge is 0.336 e. The number of rotatable bonds is 4. The molecule has 25 heavy (non-hydrogen) atoms. The fourth-order valence-electron chi connectivity index (χ4n) is 2.49. The predicted octanol–water partition coefficient (Wildman–Crippen LogP) is 2.79. The Balaban J connectivity index is 0.00000312. The number of likely N-dealkylation sites (N-methyl/N-ethyl adjacent to an activating group) is 1. The molecule has 1 saturated heterocycles. The molecular formula is C15H18Cl2F3N3O2. The molecule has 10 heteroatoms. The van der Waals surface area contributed by atoms with E-state index in [-0.39, 0.29) is 36.5 Å². The minimum absolute atomic E-state index is 0. The zero-order valence-corrected chi connectivity index (χ0v) is 14.9. The van der Waals surface area contributed by atoms with Gasteiger partial charge in [0.05, 0.1) is 23.0 Å². The summed E-state index contributed by atoms with van der Waals surface area (Å²) in [5, 5.41) is 4.97. The zero-order chi connectivity index (χ0) is 17.9. The van der Waals surface area contributed by atoms with Crippen molar-refractivity contribution in [3.63, 3.8) is 0 Å². The van der Waals surface area contributed by atoms with Gasteiger partial charge in [0, 0.05) is 19.3 Å². The van der Waals surface area contributed by atoms with Crippen molar-refractivity contribution in [2.45, 2.75) is 12.6 Å². The summed E-state index contributed by atoms with van der Waals surface area (Å²) in [6.07, 6.45) is -3.91. The maximum absolute atomic E-state index is 12.8. The van der Waals surface area contributed by atoms with E-state index in [2.05, 4.69) is 10.6 Å². The molecular weight excluding hydrogens is 382 g/mol. The summed E-state index contributed by atoms with van der Waals surface area (Å²) in [7, 11) is 1.49. The van der Waals surface area contributed by atoms with Crippen LogP contribution in [0.25, 0.3) is 0 Å². The van der Waals surface area contributed by atoms with Crippen LogP contribution in [0.4, 0.5) is 18.9 Å². The first-order valence-electron chi connectivity index (χ1n) is 7.31. The van der Waals surface area contributed by atoms with Gasteiger partial charge in [-0.2, -0.15) is 13.2 Å². The van der Waals surface area contributed by atoms with E-state index in [9.17, 15) is 22.8 Å². The average Bonchev–Trinajstić information content (AvgIpc) is 3.01. The van der Waals surface area contributed by atoms with Gasteiger partial charge in [-0.05, 0) is 31.2 Å². The number of anilines is 1. The third-order valence-electron chi connectivity index (χ3n) is 3.72. The van der Waals surface area contributed by atoms with Crippen molar-refractivity contribution in [3.8, 4) is 0 Å². The van der Waals surface area contributed by atoms with Gasteiger partial charge in [0.2, 0.25) is 11.8 Å². The first-order valence-corrected chi connectivity index (χ1v) is 7.68. The Hall–Kier alpha value is -1.51. The van der Waals surface area contributed by atoms with E-state index in [1.165, 1.54) is 18.0 Å². The van der Waals surface area contributed by atoms with Crippen LogP contribution in [0.1, 0.15) is 12.0 Å². The lowest BCUT2D eigenvalue weighted by atomic mass is 10.1. The van der Waals surface area contributed by atoms with Gasteiger partial charge in [0.15, 0.2) is 0 Å². The number of hydrogen-bond donors (Lipinski definition) is 2. The van der Waals surface area contributed by atoms with Gasteiger partial charge in [-0.3, -0.25) is 9.59 Å². The van der Waals surface area contributed by atoms with Gasteiger partial charge in [-0.1, -0.05) is 11.6 Å². The maximum Gasteiger partial charge on any atom is 0.417 e. The summed E-state index contributed by atoms with van der Waals surface area (Å²) >= 11 is 5.52. The molecule has 0 radical (unpaired) electrons. The normalized spacial score (nSPS) is 16.9. The Kier molecular flexibility index (Phi) is 7.52. The van der Waals surface area contributed by atoms with Gasteiger partial charge < -0.3 is 15.5 Å². The van der Waals surface area contributed by atoms with Crippen LogP contribution in [-0.2, 0) is 15.8 Å². The molecule has 140 valence electrons. The monoisotopic (exact) mass is 399 g/mol. The number of nitrogens with zero attached hydrogens (tertiary/aromatic N) is 1. The molecule has 1 aliphatic heterocycles. The molecule has 2 N–H and O–H groups in total. The van der Waals surface area contributed by atoms with Crippen LogP contribution in [0.15, 0.2) is 18.2 Å². The van der Waals surface area contributed by atoms with Crippen molar-refractivity contribution in [1.82, 2.24) is 10.2 Å². The largest absolute Gasteiger partial charge is 0.417 e. The quantitative estimate of drug-likeness (QED) is 0.818. The molecule has 2 rings (SSSR count). The van der Waals surface area contributed by atoms with Crippen molar-refractivity contribution in [1.29, 1.82) is 0 Å². The number of carbonyl (C=O) groups excluding carboxylic acids is 2. The Morgan fingerprint density at radius 2 is 2.08 bits per heavy atom. The third kappa shape index (κ3) is 5.76. The topological polar surface area (TPSA) is 61.4 Å². The molecule has 5 nitrogen and oxygen atoms in total. The molecule has 1 fully saturated rings. The lowest BCUT2D eigenvalue weighted by molar-refractivity contribution is -0.137. The SMILES string of the molecule is CN(CC(=O)Nc1ccc(Cl)c(C(F)(F)F)c1)C(=O)C1CCNC1.Cl. The molecule has 1 aromatic carbocycles.